The second-order valence-electron chi connectivity index (χ2n) is 5.89. The summed E-state index contributed by atoms with van der Waals surface area (Å²) in [6.45, 7) is 0.474. The Bertz CT molecular complexity index is 692. The molecule has 0 unspecified atom stereocenters. The van der Waals surface area contributed by atoms with Crippen LogP contribution in [-0.4, -0.2) is 30.5 Å². The van der Waals surface area contributed by atoms with Gasteiger partial charge in [0.05, 0.1) is 11.1 Å². The van der Waals surface area contributed by atoms with Gasteiger partial charge in [-0.15, -0.1) is 0 Å². The molecule has 1 aromatic carbocycles. The number of fused-ring (bicyclic) bond motifs is 1. The molecule has 1 aliphatic rings. The number of anilines is 1. The van der Waals surface area contributed by atoms with Crippen LogP contribution in [-0.2, 0) is 11.3 Å². The number of amides is 1. The number of benzene rings is 1. The van der Waals surface area contributed by atoms with E-state index in [1.807, 2.05) is 49.3 Å². The van der Waals surface area contributed by atoms with Crippen molar-refractivity contribution >= 4 is 22.6 Å². The average Bonchev–Trinajstić information content (AvgIpc) is 3.23. The third-order valence-corrected chi connectivity index (χ3v) is 3.93. The number of pyridine rings is 1. The van der Waals surface area contributed by atoms with Crippen molar-refractivity contribution in [1.82, 2.24) is 10.3 Å². The smallest absolute Gasteiger partial charge is 0.240 e. The summed E-state index contributed by atoms with van der Waals surface area (Å²) in [5.74, 6) is 0.821. The summed E-state index contributed by atoms with van der Waals surface area (Å²) in [4.78, 5) is 18.6. The number of rotatable bonds is 4. The van der Waals surface area contributed by atoms with Gasteiger partial charge in [0.1, 0.15) is 5.82 Å². The lowest BCUT2D eigenvalue weighted by molar-refractivity contribution is -0.123. The van der Waals surface area contributed by atoms with E-state index < -0.39 is 5.54 Å². The number of hydrogen-bond acceptors (Lipinski definition) is 4. The predicted molar refractivity (Wildman–Crippen MR) is 84.1 cm³/mol. The first-order chi connectivity index (χ1) is 9.99. The van der Waals surface area contributed by atoms with Crippen LogP contribution < -0.4 is 16.0 Å². The lowest BCUT2D eigenvalue weighted by atomic mass is 10.1. The highest BCUT2D eigenvalue weighted by atomic mass is 16.2. The predicted octanol–water partition coefficient (Wildman–Crippen LogP) is 1.41. The summed E-state index contributed by atoms with van der Waals surface area (Å²) in [5, 5.41) is 4.01. The number of aromatic nitrogens is 1. The fourth-order valence-electron chi connectivity index (χ4n) is 2.32. The largest absolute Gasteiger partial charge is 0.363 e. The molecule has 0 atom stereocenters. The van der Waals surface area contributed by atoms with Gasteiger partial charge in [-0.1, -0.05) is 18.2 Å². The first kappa shape index (κ1) is 13.8. The second-order valence-corrected chi connectivity index (χ2v) is 5.89. The topological polar surface area (TPSA) is 71.2 Å². The number of carbonyl (C=O) groups excluding carboxylic acids is 1. The molecule has 21 heavy (non-hydrogen) atoms. The minimum absolute atomic E-state index is 0.0604. The van der Waals surface area contributed by atoms with Crippen LogP contribution in [0, 0.1) is 0 Å². The molecule has 1 fully saturated rings. The number of hydrogen-bond donors (Lipinski definition) is 2. The Morgan fingerprint density at radius 1 is 1.38 bits per heavy atom. The molecular weight excluding hydrogens is 264 g/mol. The Morgan fingerprint density at radius 2 is 2.10 bits per heavy atom. The normalized spacial score (nSPS) is 15.8. The van der Waals surface area contributed by atoms with Crippen molar-refractivity contribution in [2.75, 3.05) is 19.0 Å². The van der Waals surface area contributed by atoms with Crippen LogP contribution >= 0.6 is 0 Å². The lowest BCUT2D eigenvalue weighted by Gasteiger charge is -2.16. The van der Waals surface area contributed by atoms with Crippen LogP contribution in [0.5, 0.6) is 0 Å². The number of carbonyl (C=O) groups is 1. The molecule has 0 aliphatic heterocycles. The highest BCUT2D eigenvalue weighted by Crippen LogP contribution is 2.32. The molecule has 0 saturated heterocycles. The summed E-state index contributed by atoms with van der Waals surface area (Å²) in [7, 11) is 3.91. The van der Waals surface area contributed by atoms with E-state index in [9.17, 15) is 4.79 Å². The van der Waals surface area contributed by atoms with E-state index in [1.54, 1.807) is 0 Å². The van der Waals surface area contributed by atoms with Crippen molar-refractivity contribution < 1.29 is 4.79 Å². The Hall–Kier alpha value is -2.14. The fraction of sp³-hybridized carbons (Fsp3) is 0.375. The Balaban J connectivity index is 1.90. The molecule has 110 valence electrons. The summed E-state index contributed by atoms with van der Waals surface area (Å²) in [6, 6.07) is 9.97. The molecule has 1 aliphatic carbocycles. The molecule has 1 amide bonds. The van der Waals surface area contributed by atoms with Crippen molar-refractivity contribution in [3.63, 3.8) is 0 Å². The van der Waals surface area contributed by atoms with Crippen molar-refractivity contribution in [3.05, 3.63) is 35.9 Å². The maximum Gasteiger partial charge on any atom is 0.240 e. The van der Waals surface area contributed by atoms with E-state index in [0.29, 0.717) is 6.54 Å². The summed E-state index contributed by atoms with van der Waals surface area (Å²) >= 11 is 0. The van der Waals surface area contributed by atoms with Crippen LogP contribution in [0.25, 0.3) is 10.9 Å². The van der Waals surface area contributed by atoms with Gasteiger partial charge in [0.2, 0.25) is 5.91 Å². The van der Waals surface area contributed by atoms with E-state index in [2.05, 4.69) is 10.3 Å². The Kier molecular flexibility index (Phi) is 3.29. The molecule has 5 nitrogen and oxygen atoms in total. The van der Waals surface area contributed by atoms with Gasteiger partial charge in [-0.05, 0) is 30.5 Å². The third-order valence-electron chi connectivity index (χ3n) is 3.93. The first-order valence-corrected chi connectivity index (χ1v) is 7.13. The van der Waals surface area contributed by atoms with Crippen LogP contribution in [0.2, 0.25) is 0 Å². The van der Waals surface area contributed by atoms with E-state index in [4.69, 9.17) is 5.73 Å². The molecule has 1 saturated carbocycles. The van der Waals surface area contributed by atoms with Gasteiger partial charge in [0.25, 0.3) is 0 Å². The molecule has 0 bridgehead atoms. The summed E-state index contributed by atoms with van der Waals surface area (Å²) in [5.41, 5.74) is 7.27. The average molecular weight is 284 g/mol. The van der Waals surface area contributed by atoms with Crippen LogP contribution in [0.1, 0.15) is 18.4 Å². The molecular formula is C16H20N4O. The standard InChI is InChI=1S/C16H20N4O/c1-20(2)14-9-11(10-18-15(21)16(17)7-8-16)12-5-3-4-6-13(12)19-14/h3-6,9H,7-8,10,17H2,1-2H3,(H,18,21). The van der Waals surface area contributed by atoms with Crippen LogP contribution in [0.15, 0.2) is 30.3 Å². The summed E-state index contributed by atoms with van der Waals surface area (Å²) < 4.78 is 0. The van der Waals surface area contributed by atoms with Gasteiger partial charge in [-0.3, -0.25) is 4.79 Å². The maximum absolute atomic E-state index is 12.0. The van der Waals surface area contributed by atoms with Crippen molar-refractivity contribution in [2.45, 2.75) is 24.9 Å². The van der Waals surface area contributed by atoms with Crippen LogP contribution in [0.4, 0.5) is 5.82 Å². The fourth-order valence-corrected chi connectivity index (χ4v) is 2.32. The van der Waals surface area contributed by atoms with Gasteiger partial charge < -0.3 is 16.0 Å². The van der Waals surface area contributed by atoms with Gasteiger partial charge >= 0.3 is 0 Å². The number of nitrogens with two attached hydrogens (primary N) is 1. The van der Waals surface area contributed by atoms with Gasteiger partial charge in [0.15, 0.2) is 0 Å². The zero-order valence-electron chi connectivity index (χ0n) is 12.4. The van der Waals surface area contributed by atoms with E-state index >= 15 is 0 Å². The molecule has 0 spiro atoms. The minimum Gasteiger partial charge on any atom is -0.363 e. The number of nitrogens with one attached hydrogen (secondary N) is 1. The highest BCUT2D eigenvalue weighted by Gasteiger charge is 2.45. The Labute approximate surface area is 124 Å². The van der Waals surface area contributed by atoms with Gasteiger partial charge in [-0.2, -0.15) is 0 Å². The first-order valence-electron chi connectivity index (χ1n) is 7.13. The third kappa shape index (κ3) is 2.69. The zero-order chi connectivity index (χ0) is 15.0. The van der Waals surface area contributed by atoms with E-state index in [-0.39, 0.29) is 5.91 Å². The van der Waals surface area contributed by atoms with E-state index in [1.165, 1.54) is 0 Å². The second kappa shape index (κ2) is 5.00. The minimum atomic E-state index is -0.632. The zero-order valence-corrected chi connectivity index (χ0v) is 12.4. The molecule has 1 aromatic heterocycles. The quantitative estimate of drug-likeness (QED) is 0.890. The molecule has 5 heteroatoms. The molecule has 3 rings (SSSR count). The number of nitrogens with zero attached hydrogens (tertiary/aromatic N) is 2. The monoisotopic (exact) mass is 284 g/mol. The molecule has 0 radical (unpaired) electrons. The molecule has 2 aromatic rings. The van der Waals surface area contributed by atoms with Crippen molar-refractivity contribution in [3.8, 4) is 0 Å². The van der Waals surface area contributed by atoms with Gasteiger partial charge in [0, 0.05) is 26.0 Å². The molecule has 1 heterocycles. The van der Waals surface area contributed by atoms with Gasteiger partial charge in [-0.25, -0.2) is 4.98 Å². The number of para-hydroxylation sites is 1. The molecule has 3 N–H and O–H groups in total. The van der Waals surface area contributed by atoms with Crippen molar-refractivity contribution in [2.24, 2.45) is 5.73 Å². The summed E-state index contributed by atoms with van der Waals surface area (Å²) in [6.07, 6.45) is 1.55. The van der Waals surface area contributed by atoms with Crippen LogP contribution in [0.3, 0.4) is 0 Å². The highest BCUT2D eigenvalue weighted by molar-refractivity contribution is 5.90. The Morgan fingerprint density at radius 3 is 2.76 bits per heavy atom. The van der Waals surface area contributed by atoms with Crippen molar-refractivity contribution in [1.29, 1.82) is 0 Å². The lowest BCUT2D eigenvalue weighted by Crippen LogP contribution is -2.42. The SMILES string of the molecule is CN(C)c1cc(CNC(=O)C2(N)CC2)c2ccccc2n1. The maximum atomic E-state index is 12.0. The van der Waals surface area contributed by atoms with E-state index in [0.717, 1.165) is 35.1 Å².